The van der Waals surface area contributed by atoms with Crippen LogP contribution in [-0.2, 0) is 6.54 Å². The second-order valence-electron chi connectivity index (χ2n) is 6.32. The molecule has 0 unspecified atom stereocenters. The third-order valence-electron chi connectivity index (χ3n) is 4.31. The number of carbonyl (C=O) groups excluding carboxylic acids is 1. The van der Waals surface area contributed by atoms with Crippen LogP contribution in [0.5, 0.6) is 0 Å². The number of nitrogens with zero attached hydrogens (tertiary/aromatic N) is 2. The fourth-order valence-electron chi connectivity index (χ4n) is 2.94. The number of aromatic nitrogens is 1. The van der Waals surface area contributed by atoms with E-state index >= 15 is 0 Å². The number of fused-ring (bicyclic) bond motifs is 1. The highest BCUT2D eigenvalue weighted by Crippen LogP contribution is 2.23. The van der Waals surface area contributed by atoms with Crippen molar-refractivity contribution in [1.82, 2.24) is 4.57 Å². The highest BCUT2D eigenvalue weighted by atomic mass is 32.1. The molecule has 0 bridgehead atoms. The number of amides is 1. The Bertz CT molecular complexity index is 1090. The number of carbonyl (C=O) groups is 1. The van der Waals surface area contributed by atoms with Gasteiger partial charge in [-0.05, 0) is 68.1 Å². The maximum atomic E-state index is 12.6. The molecular formula is C21H20N2OS. The van der Waals surface area contributed by atoms with Crippen LogP contribution >= 0.6 is 11.3 Å². The minimum absolute atomic E-state index is 0.241. The summed E-state index contributed by atoms with van der Waals surface area (Å²) in [5.41, 5.74) is 6.22. The van der Waals surface area contributed by atoms with E-state index in [1.54, 1.807) is 0 Å². The fourth-order valence-corrected chi connectivity index (χ4v) is 4.14. The second kappa shape index (κ2) is 6.70. The van der Waals surface area contributed by atoms with Crippen molar-refractivity contribution in [2.75, 3.05) is 0 Å². The van der Waals surface area contributed by atoms with Gasteiger partial charge in [0.15, 0.2) is 4.80 Å². The Morgan fingerprint density at radius 1 is 1.12 bits per heavy atom. The summed E-state index contributed by atoms with van der Waals surface area (Å²) in [7, 11) is 0. The minimum Gasteiger partial charge on any atom is -0.304 e. The molecule has 0 aliphatic heterocycles. The van der Waals surface area contributed by atoms with E-state index in [0.29, 0.717) is 16.9 Å². The van der Waals surface area contributed by atoms with Crippen LogP contribution in [0.1, 0.15) is 32.6 Å². The average Bonchev–Trinajstić information content (AvgIpc) is 2.87. The molecule has 0 radical (unpaired) electrons. The molecule has 4 heteroatoms. The van der Waals surface area contributed by atoms with E-state index in [0.717, 1.165) is 26.9 Å². The summed E-state index contributed by atoms with van der Waals surface area (Å²) in [6, 6.07) is 9.89. The van der Waals surface area contributed by atoms with Crippen molar-refractivity contribution in [3.05, 3.63) is 63.0 Å². The predicted octanol–water partition coefficient (Wildman–Crippen LogP) is 4.31. The van der Waals surface area contributed by atoms with Gasteiger partial charge in [0, 0.05) is 5.56 Å². The molecule has 1 amide bonds. The van der Waals surface area contributed by atoms with Crippen LogP contribution < -0.4 is 4.80 Å². The first-order valence-corrected chi connectivity index (χ1v) is 8.92. The number of rotatable bonds is 2. The first kappa shape index (κ1) is 17.2. The standard InChI is InChI=1S/C21H20N2OS/c1-6-9-23-19-16(5)10-13(2)11-18(19)25-21(23)22-20(24)17-8-7-14(3)15(4)12-17/h1,7-8,10-12H,9H2,2-5H3. The molecule has 3 nitrogen and oxygen atoms in total. The molecule has 3 rings (SSSR count). The van der Waals surface area contributed by atoms with Crippen molar-refractivity contribution >= 4 is 27.5 Å². The highest BCUT2D eigenvalue weighted by molar-refractivity contribution is 7.16. The Labute approximate surface area is 151 Å². The number of hydrogen-bond donors (Lipinski definition) is 0. The molecule has 0 aliphatic carbocycles. The van der Waals surface area contributed by atoms with Crippen LogP contribution in [-0.4, -0.2) is 10.5 Å². The van der Waals surface area contributed by atoms with Gasteiger partial charge in [0.25, 0.3) is 5.91 Å². The maximum absolute atomic E-state index is 12.6. The number of aryl methyl sites for hydroxylation is 4. The van der Waals surface area contributed by atoms with Gasteiger partial charge in [-0.1, -0.05) is 29.4 Å². The topological polar surface area (TPSA) is 34.4 Å². The van der Waals surface area contributed by atoms with Crippen molar-refractivity contribution in [1.29, 1.82) is 0 Å². The van der Waals surface area contributed by atoms with E-state index < -0.39 is 0 Å². The normalized spacial score (nSPS) is 11.7. The second-order valence-corrected chi connectivity index (χ2v) is 7.33. The van der Waals surface area contributed by atoms with Crippen LogP contribution in [0, 0.1) is 40.0 Å². The van der Waals surface area contributed by atoms with E-state index in [4.69, 9.17) is 6.42 Å². The molecule has 0 fully saturated rings. The maximum Gasteiger partial charge on any atom is 0.279 e. The fraction of sp³-hybridized carbons (Fsp3) is 0.238. The summed E-state index contributed by atoms with van der Waals surface area (Å²) in [6.45, 7) is 8.54. The van der Waals surface area contributed by atoms with Crippen molar-refractivity contribution in [2.24, 2.45) is 4.99 Å². The Kier molecular flexibility index (Phi) is 4.61. The summed E-state index contributed by atoms with van der Waals surface area (Å²) < 4.78 is 3.05. The number of terminal acetylenes is 1. The SMILES string of the molecule is C#CCn1c(=NC(=O)c2ccc(C)c(C)c2)sc2cc(C)cc(C)c21. The molecule has 1 aromatic heterocycles. The van der Waals surface area contributed by atoms with E-state index in [1.807, 2.05) is 36.6 Å². The lowest BCUT2D eigenvalue weighted by Gasteiger charge is -2.04. The van der Waals surface area contributed by atoms with E-state index in [-0.39, 0.29) is 5.91 Å². The van der Waals surface area contributed by atoms with Gasteiger partial charge in [0.1, 0.15) is 0 Å². The first-order chi connectivity index (χ1) is 11.9. The van der Waals surface area contributed by atoms with Crippen LogP contribution in [0.15, 0.2) is 35.3 Å². The van der Waals surface area contributed by atoms with Crippen LogP contribution in [0.4, 0.5) is 0 Å². The Balaban J connectivity index is 2.20. The first-order valence-electron chi connectivity index (χ1n) is 8.11. The van der Waals surface area contributed by atoms with E-state index in [2.05, 4.69) is 36.9 Å². The van der Waals surface area contributed by atoms with Gasteiger partial charge in [-0.15, -0.1) is 6.42 Å². The number of thiazole rings is 1. The average molecular weight is 348 g/mol. The minimum atomic E-state index is -0.241. The third-order valence-corrected chi connectivity index (χ3v) is 5.34. The summed E-state index contributed by atoms with van der Waals surface area (Å²) in [5, 5.41) is 0. The summed E-state index contributed by atoms with van der Waals surface area (Å²) in [5.74, 6) is 2.43. The molecule has 2 aromatic carbocycles. The molecule has 0 spiro atoms. The zero-order valence-corrected chi connectivity index (χ0v) is 15.7. The lowest BCUT2D eigenvalue weighted by Crippen LogP contribution is -2.17. The lowest BCUT2D eigenvalue weighted by atomic mass is 10.1. The molecule has 0 atom stereocenters. The van der Waals surface area contributed by atoms with Gasteiger partial charge in [0.2, 0.25) is 0 Å². The van der Waals surface area contributed by atoms with E-state index in [9.17, 15) is 4.79 Å². The number of benzene rings is 2. The third kappa shape index (κ3) is 3.29. The van der Waals surface area contributed by atoms with Crippen molar-refractivity contribution in [2.45, 2.75) is 34.2 Å². The molecular weight excluding hydrogens is 328 g/mol. The van der Waals surface area contributed by atoms with Gasteiger partial charge in [0.05, 0.1) is 16.8 Å². The zero-order valence-electron chi connectivity index (χ0n) is 14.9. The predicted molar refractivity (Wildman–Crippen MR) is 104 cm³/mol. The monoisotopic (exact) mass is 348 g/mol. The summed E-state index contributed by atoms with van der Waals surface area (Å²) >= 11 is 1.50. The molecule has 1 heterocycles. The van der Waals surface area contributed by atoms with Gasteiger partial charge in [-0.25, -0.2) is 0 Å². The Hall–Kier alpha value is -2.64. The van der Waals surface area contributed by atoms with Gasteiger partial charge < -0.3 is 4.57 Å². The molecule has 0 aliphatic rings. The smallest absolute Gasteiger partial charge is 0.279 e. The van der Waals surface area contributed by atoms with Crippen LogP contribution in [0.2, 0.25) is 0 Å². The highest BCUT2D eigenvalue weighted by Gasteiger charge is 2.11. The van der Waals surface area contributed by atoms with E-state index in [1.165, 1.54) is 16.9 Å². The molecule has 126 valence electrons. The zero-order chi connectivity index (χ0) is 18.1. The summed E-state index contributed by atoms with van der Waals surface area (Å²) in [6.07, 6.45) is 5.55. The molecule has 0 N–H and O–H groups in total. The molecule has 3 aromatic rings. The van der Waals surface area contributed by atoms with Crippen molar-refractivity contribution in [3.8, 4) is 12.3 Å². The quantitative estimate of drug-likeness (QED) is 0.636. The summed E-state index contributed by atoms with van der Waals surface area (Å²) in [4.78, 5) is 17.7. The Morgan fingerprint density at radius 2 is 1.88 bits per heavy atom. The van der Waals surface area contributed by atoms with Crippen LogP contribution in [0.25, 0.3) is 10.2 Å². The molecule has 0 saturated heterocycles. The van der Waals surface area contributed by atoms with Crippen LogP contribution in [0.3, 0.4) is 0 Å². The van der Waals surface area contributed by atoms with Gasteiger partial charge >= 0.3 is 0 Å². The molecule has 0 saturated carbocycles. The lowest BCUT2D eigenvalue weighted by molar-refractivity contribution is 0.0998. The van der Waals surface area contributed by atoms with Crippen molar-refractivity contribution in [3.63, 3.8) is 0 Å². The van der Waals surface area contributed by atoms with Crippen molar-refractivity contribution < 1.29 is 4.79 Å². The van der Waals surface area contributed by atoms with Gasteiger partial charge in [-0.2, -0.15) is 4.99 Å². The largest absolute Gasteiger partial charge is 0.304 e. The molecule has 25 heavy (non-hydrogen) atoms. The number of hydrogen-bond acceptors (Lipinski definition) is 2. The Morgan fingerprint density at radius 3 is 2.56 bits per heavy atom. The van der Waals surface area contributed by atoms with Gasteiger partial charge in [-0.3, -0.25) is 4.79 Å².